The molecule has 5 nitrogen and oxygen atoms in total. The fourth-order valence-electron chi connectivity index (χ4n) is 2.40. The van der Waals surface area contributed by atoms with E-state index in [0.717, 1.165) is 22.4 Å². The van der Waals surface area contributed by atoms with Crippen LogP contribution in [0.2, 0.25) is 0 Å². The molecule has 1 heterocycles. The van der Waals surface area contributed by atoms with E-state index in [0.29, 0.717) is 10.6 Å². The third-order valence-corrected chi connectivity index (χ3v) is 4.87. The molecule has 6 heteroatoms. The largest absolute Gasteiger partial charge is 0.273 e. The number of hydrogen-bond donors (Lipinski definition) is 2. The molecule has 0 unspecified atom stereocenters. The summed E-state index contributed by atoms with van der Waals surface area (Å²) in [5.41, 5.74) is 9.39. The number of aromatic nitrogens is 1. The van der Waals surface area contributed by atoms with Gasteiger partial charge in [0.2, 0.25) is 5.91 Å². The van der Waals surface area contributed by atoms with Gasteiger partial charge in [-0.2, -0.15) is 0 Å². The van der Waals surface area contributed by atoms with Gasteiger partial charge in [0.05, 0.1) is 12.1 Å². The van der Waals surface area contributed by atoms with Gasteiger partial charge in [0, 0.05) is 16.5 Å². The molecule has 0 aliphatic rings. The summed E-state index contributed by atoms with van der Waals surface area (Å²) in [5.74, 6) is -0.651. The maximum atomic E-state index is 12.1. The standard InChI is InChI=1S/C20H19N3O2S/c1-13-8-9-16(10-14(13)2)20(25)23-22-18(24)11-19-21-17(12-26-19)15-6-4-3-5-7-15/h3-10,12H,11H2,1-2H3,(H,22,24)(H,23,25). The molecule has 0 fully saturated rings. The van der Waals surface area contributed by atoms with Crippen molar-refractivity contribution in [1.82, 2.24) is 15.8 Å². The first kappa shape index (κ1) is 17.8. The summed E-state index contributed by atoms with van der Waals surface area (Å²) in [4.78, 5) is 28.6. The zero-order valence-corrected chi connectivity index (χ0v) is 15.4. The van der Waals surface area contributed by atoms with Crippen molar-refractivity contribution in [1.29, 1.82) is 0 Å². The van der Waals surface area contributed by atoms with Crippen LogP contribution >= 0.6 is 11.3 Å². The minimum atomic E-state index is -0.342. The van der Waals surface area contributed by atoms with E-state index in [1.165, 1.54) is 11.3 Å². The summed E-state index contributed by atoms with van der Waals surface area (Å²) in [7, 11) is 0. The van der Waals surface area contributed by atoms with Crippen molar-refractivity contribution in [2.24, 2.45) is 0 Å². The van der Waals surface area contributed by atoms with Gasteiger partial charge in [-0.3, -0.25) is 20.4 Å². The zero-order valence-electron chi connectivity index (χ0n) is 14.6. The average Bonchev–Trinajstić information content (AvgIpc) is 3.11. The predicted octanol–water partition coefficient (Wildman–Crippen LogP) is 3.43. The summed E-state index contributed by atoms with van der Waals surface area (Å²) >= 11 is 1.42. The molecule has 2 N–H and O–H groups in total. The second-order valence-electron chi connectivity index (χ2n) is 5.97. The third kappa shape index (κ3) is 4.34. The van der Waals surface area contributed by atoms with E-state index in [-0.39, 0.29) is 18.2 Å². The normalized spacial score (nSPS) is 10.4. The molecule has 0 saturated carbocycles. The topological polar surface area (TPSA) is 71.1 Å². The molecule has 0 aliphatic carbocycles. The van der Waals surface area contributed by atoms with E-state index in [1.807, 2.05) is 55.6 Å². The molecule has 26 heavy (non-hydrogen) atoms. The Morgan fingerprint density at radius 2 is 1.77 bits per heavy atom. The summed E-state index contributed by atoms with van der Waals surface area (Å²) in [6, 6.07) is 15.2. The van der Waals surface area contributed by atoms with E-state index in [4.69, 9.17) is 0 Å². The number of carbonyl (C=O) groups excluding carboxylic acids is 2. The van der Waals surface area contributed by atoms with Crippen LogP contribution < -0.4 is 10.9 Å². The Labute approximate surface area is 156 Å². The van der Waals surface area contributed by atoms with Gasteiger partial charge in [-0.25, -0.2) is 4.98 Å². The van der Waals surface area contributed by atoms with Crippen LogP contribution in [0.1, 0.15) is 26.5 Å². The lowest BCUT2D eigenvalue weighted by molar-refractivity contribution is -0.121. The summed E-state index contributed by atoms with van der Waals surface area (Å²) in [6.07, 6.45) is 0.116. The highest BCUT2D eigenvalue weighted by atomic mass is 32.1. The lowest BCUT2D eigenvalue weighted by Gasteiger charge is -2.08. The summed E-state index contributed by atoms with van der Waals surface area (Å²) < 4.78 is 0. The molecule has 0 atom stereocenters. The van der Waals surface area contributed by atoms with Gasteiger partial charge >= 0.3 is 0 Å². The molecule has 1 aromatic heterocycles. The number of aryl methyl sites for hydroxylation is 2. The molecule has 0 radical (unpaired) electrons. The molecule has 3 aromatic rings. The van der Waals surface area contributed by atoms with E-state index in [1.54, 1.807) is 12.1 Å². The summed E-state index contributed by atoms with van der Waals surface area (Å²) in [6.45, 7) is 3.92. The first-order chi connectivity index (χ1) is 12.5. The lowest BCUT2D eigenvalue weighted by atomic mass is 10.1. The van der Waals surface area contributed by atoms with Gasteiger partial charge in [-0.15, -0.1) is 11.3 Å². The fraction of sp³-hybridized carbons (Fsp3) is 0.150. The second-order valence-corrected chi connectivity index (χ2v) is 6.91. The van der Waals surface area contributed by atoms with Gasteiger partial charge in [-0.05, 0) is 37.1 Å². The molecule has 2 aromatic carbocycles. The smallest absolute Gasteiger partial charge is 0.269 e. The third-order valence-electron chi connectivity index (χ3n) is 4.02. The highest BCUT2D eigenvalue weighted by Gasteiger charge is 2.11. The van der Waals surface area contributed by atoms with Crippen molar-refractivity contribution >= 4 is 23.2 Å². The molecular formula is C20H19N3O2S. The van der Waals surface area contributed by atoms with Gasteiger partial charge in [0.25, 0.3) is 5.91 Å². The number of amides is 2. The van der Waals surface area contributed by atoms with Crippen LogP contribution in [-0.2, 0) is 11.2 Å². The molecule has 132 valence electrons. The number of hydrogen-bond acceptors (Lipinski definition) is 4. The van der Waals surface area contributed by atoms with Crippen molar-refractivity contribution in [3.05, 3.63) is 75.6 Å². The van der Waals surface area contributed by atoms with E-state index in [2.05, 4.69) is 15.8 Å². The van der Waals surface area contributed by atoms with Crippen LogP contribution in [0.25, 0.3) is 11.3 Å². The molecule has 0 saturated heterocycles. The number of rotatable bonds is 4. The second kappa shape index (κ2) is 7.93. The van der Waals surface area contributed by atoms with Crippen LogP contribution in [0.4, 0.5) is 0 Å². The Kier molecular flexibility index (Phi) is 5.43. The number of benzene rings is 2. The van der Waals surface area contributed by atoms with Crippen molar-refractivity contribution in [3.8, 4) is 11.3 Å². The Hall–Kier alpha value is -2.99. The molecular weight excluding hydrogens is 346 g/mol. The number of carbonyl (C=O) groups is 2. The van der Waals surface area contributed by atoms with E-state index < -0.39 is 0 Å². The Bertz CT molecular complexity index is 935. The van der Waals surface area contributed by atoms with E-state index in [9.17, 15) is 9.59 Å². The van der Waals surface area contributed by atoms with Crippen LogP contribution in [-0.4, -0.2) is 16.8 Å². The lowest BCUT2D eigenvalue weighted by Crippen LogP contribution is -2.42. The Morgan fingerprint density at radius 3 is 2.50 bits per heavy atom. The monoisotopic (exact) mass is 365 g/mol. The average molecular weight is 365 g/mol. The number of nitrogens with zero attached hydrogens (tertiary/aromatic N) is 1. The fourth-order valence-corrected chi connectivity index (χ4v) is 3.20. The number of thiazole rings is 1. The minimum Gasteiger partial charge on any atom is -0.273 e. The Morgan fingerprint density at radius 1 is 1.00 bits per heavy atom. The van der Waals surface area contributed by atoms with Crippen molar-refractivity contribution < 1.29 is 9.59 Å². The SMILES string of the molecule is Cc1ccc(C(=O)NNC(=O)Cc2nc(-c3ccccc3)cs2)cc1C. The summed E-state index contributed by atoms with van der Waals surface area (Å²) in [5, 5.41) is 2.62. The van der Waals surface area contributed by atoms with Crippen molar-refractivity contribution in [2.75, 3.05) is 0 Å². The van der Waals surface area contributed by atoms with Crippen LogP contribution in [0.5, 0.6) is 0 Å². The highest BCUT2D eigenvalue weighted by Crippen LogP contribution is 2.21. The zero-order chi connectivity index (χ0) is 18.5. The van der Waals surface area contributed by atoms with Crippen LogP contribution in [0, 0.1) is 13.8 Å². The van der Waals surface area contributed by atoms with Gasteiger partial charge in [-0.1, -0.05) is 36.4 Å². The van der Waals surface area contributed by atoms with Crippen molar-refractivity contribution in [2.45, 2.75) is 20.3 Å². The molecule has 2 amide bonds. The number of hydrazine groups is 1. The molecule has 0 aliphatic heterocycles. The minimum absolute atomic E-state index is 0.116. The molecule has 0 spiro atoms. The van der Waals surface area contributed by atoms with Crippen LogP contribution in [0.15, 0.2) is 53.9 Å². The predicted molar refractivity (Wildman–Crippen MR) is 103 cm³/mol. The molecule has 3 rings (SSSR count). The highest BCUT2D eigenvalue weighted by molar-refractivity contribution is 7.10. The first-order valence-corrected chi connectivity index (χ1v) is 9.07. The maximum Gasteiger partial charge on any atom is 0.269 e. The van der Waals surface area contributed by atoms with Gasteiger partial charge in [0.15, 0.2) is 0 Å². The maximum absolute atomic E-state index is 12.1. The van der Waals surface area contributed by atoms with Gasteiger partial charge in [0.1, 0.15) is 5.01 Å². The van der Waals surface area contributed by atoms with Gasteiger partial charge < -0.3 is 0 Å². The van der Waals surface area contributed by atoms with E-state index >= 15 is 0 Å². The molecule has 0 bridgehead atoms. The first-order valence-electron chi connectivity index (χ1n) is 8.19. The quantitative estimate of drug-likeness (QED) is 0.696. The number of nitrogens with one attached hydrogen (secondary N) is 2. The van der Waals surface area contributed by atoms with Crippen molar-refractivity contribution in [3.63, 3.8) is 0 Å². The Balaban J connectivity index is 1.55. The van der Waals surface area contributed by atoms with Crippen LogP contribution in [0.3, 0.4) is 0 Å².